The summed E-state index contributed by atoms with van der Waals surface area (Å²) in [6.07, 6.45) is 1.80. The molecule has 1 amide bonds. The second kappa shape index (κ2) is 8.98. The summed E-state index contributed by atoms with van der Waals surface area (Å²) in [6.45, 7) is 0.571. The molecule has 1 aromatic heterocycles. The minimum absolute atomic E-state index is 0.0492. The maximum Gasteiger partial charge on any atom is 0.251 e. The number of fused-ring (bicyclic) bond motifs is 1. The number of benzene rings is 3. The van der Waals surface area contributed by atoms with Gasteiger partial charge in [0.05, 0.1) is 6.04 Å². The maximum atomic E-state index is 13.7. The minimum Gasteiger partial charge on any atom is -0.360 e. The summed E-state index contributed by atoms with van der Waals surface area (Å²) >= 11 is 0. The zero-order chi connectivity index (χ0) is 21.8. The third-order valence-electron chi connectivity index (χ3n) is 5.53. The van der Waals surface area contributed by atoms with Gasteiger partial charge in [0.25, 0.3) is 5.91 Å². The molecule has 0 aliphatic carbocycles. The Morgan fingerprint density at radius 3 is 2.32 bits per heavy atom. The number of amides is 1. The number of likely N-dealkylation sites (N-methyl/N-ethyl adjacent to an activating group) is 1. The third kappa shape index (κ3) is 4.27. The summed E-state index contributed by atoms with van der Waals surface area (Å²) in [5, 5.41) is 3.56. The van der Waals surface area contributed by atoms with Crippen molar-refractivity contribution >= 4 is 22.6 Å². The number of carbonyl (C=O) groups is 2. The second-order valence-electron chi connectivity index (χ2n) is 7.62. The monoisotopic (exact) mass is 411 g/mol. The van der Waals surface area contributed by atoms with E-state index in [0.717, 1.165) is 22.0 Å². The van der Waals surface area contributed by atoms with Gasteiger partial charge >= 0.3 is 0 Å². The minimum atomic E-state index is -0.431. The number of rotatable bonds is 7. The number of nitrogens with one attached hydrogen (secondary N) is 2. The number of H-pyrrole nitrogens is 1. The van der Waals surface area contributed by atoms with Crippen molar-refractivity contribution in [1.82, 2.24) is 15.2 Å². The fourth-order valence-electron chi connectivity index (χ4n) is 3.95. The molecule has 0 aliphatic heterocycles. The number of ketones is 1. The molecule has 0 unspecified atom stereocenters. The van der Waals surface area contributed by atoms with Crippen LogP contribution in [0.1, 0.15) is 37.9 Å². The largest absolute Gasteiger partial charge is 0.360 e. The Hall–Kier alpha value is -3.70. The van der Waals surface area contributed by atoms with E-state index < -0.39 is 6.04 Å². The van der Waals surface area contributed by atoms with Gasteiger partial charge in [0, 0.05) is 41.8 Å². The van der Waals surface area contributed by atoms with Crippen LogP contribution in [-0.2, 0) is 6.54 Å². The number of aromatic nitrogens is 1. The highest BCUT2D eigenvalue weighted by molar-refractivity contribution is 6.10. The highest BCUT2D eigenvalue weighted by atomic mass is 16.1. The van der Waals surface area contributed by atoms with E-state index in [1.165, 1.54) is 0 Å². The SMILES string of the molecule is CNC(=O)c1ccc(CN(C)[C@@H](C(=O)c2c[nH]c3ccccc23)c2ccccc2)cc1. The molecule has 0 bridgehead atoms. The summed E-state index contributed by atoms with van der Waals surface area (Å²) in [5.41, 5.74) is 4.23. The zero-order valence-electron chi connectivity index (χ0n) is 17.6. The highest BCUT2D eigenvalue weighted by Crippen LogP contribution is 2.29. The van der Waals surface area contributed by atoms with E-state index in [1.54, 1.807) is 25.4 Å². The molecule has 5 heteroatoms. The number of Topliss-reactive ketones (excluding diaryl/α,β-unsaturated/α-hetero) is 1. The zero-order valence-corrected chi connectivity index (χ0v) is 17.6. The Bertz CT molecular complexity index is 1200. The molecule has 0 radical (unpaired) electrons. The molecule has 1 atom stereocenters. The molecule has 4 rings (SSSR count). The van der Waals surface area contributed by atoms with E-state index in [1.807, 2.05) is 78.7 Å². The van der Waals surface area contributed by atoms with E-state index >= 15 is 0 Å². The van der Waals surface area contributed by atoms with Gasteiger partial charge in [-0.2, -0.15) is 0 Å². The Labute approximate surface area is 181 Å². The van der Waals surface area contributed by atoms with Gasteiger partial charge in [-0.25, -0.2) is 0 Å². The van der Waals surface area contributed by atoms with Crippen LogP contribution in [0.2, 0.25) is 0 Å². The normalized spacial score (nSPS) is 12.1. The van der Waals surface area contributed by atoms with Gasteiger partial charge in [0.15, 0.2) is 5.78 Å². The first-order valence-corrected chi connectivity index (χ1v) is 10.2. The third-order valence-corrected chi connectivity index (χ3v) is 5.53. The van der Waals surface area contributed by atoms with Crippen LogP contribution in [0, 0.1) is 0 Å². The standard InChI is InChI=1S/C26H25N3O2/c1-27-26(31)20-14-12-18(13-15-20)17-29(2)24(19-8-4-3-5-9-19)25(30)22-16-28-23-11-7-6-10-21(22)23/h3-16,24,28H,17H2,1-2H3,(H,27,31)/t24-/m1/s1. The van der Waals surface area contributed by atoms with Crippen molar-refractivity contribution in [2.24, 2.45) is 0 Å². The lowest BCUT2D eigenvalue weighted by Gasteiger charge is -2.27. The molecule has 0 saturated heterocycles. The molecule has 5 nitrogen and oxygen atoms in total. The second-order valence-corrected chi connectivity index (χ2v) is 7.62. The lowest BCUT2D eigenvalue weighted by Crippen LogP contribution is -2.30. The van der Waals surface area contributed by atoms with E-state index in [9.17, 15) is 9.59 Å². The van der Waals surface area contributed by atoms with Gasteiger partial charge in [-0.3, -0.25) is 14.5 Å². The Morgan fingerprint density at radius 1 is 0.935 bits per heavy atom. The Balaban J connectivity index is 1.65. The van der Waals surface area contributed by atoms with Crippen molar-refractivity contribution in [3.05, 3.63) is 107 Å². The van der Waals surface area contributed by atoms with E-state index in [0.29, 0.717) is 17.7 Å². The Morgan fingerprint density at radius 2 is 1.61 bits per heavy atom. The fourth-order valence-corrected chi connectivity index (χ4v) is 3.95. The molecule has 4 aromatic rings. The molecule has 0 saturated carbocycles. The first-order valence-electron chi connectivity index (χ1n) is 10.2. The van der Waals surface area contributed by atoms with Crippen LogP contribution in [-0.4, -0.2) is 35.7 Å². The molecule has 156 valence electrons. The quantitative estimate of drug-likeness (QED) is 0.438. The molecule has 31 heavy (non-hydrogen) atoms. The number of nitrogens with zero attached hydrogens (tertiary/aromatic N) is 1. The van der Waals surface area contributed by atoms with E-state index in [-0.39, 0.29) is 11.7 Å². The van der Waals surface area contributed by atoms with E-state index in [2.05, 4.69) is 10.3 Å². The van der Waals surface area contributed by atoms with Crippen molar-refractivity contribution in [2.75, 3.05) is 14.1 Å². The van der Waals surface area contributed by atoms with E-state index in [4.69, 9.17) is 0 Å². The number of carbonyl (C=O) groups excluding carboxylic acids is 2. The average molecular weight is 412 g/mol. The van der Waals surface area contributed by atoms with Crippen LogP contribution >= 0.6 is 0 Å². The van der Waals surface area contributed by atoms with Gasteiger partial charge < -0.3 is 10.3 Å². The molecule has 0 fully saturated rings. The smallest absolute Gasteiger partial charge is 0.251 e. The number of para-hydroxylation sites is 1. The van der Waals surface area contributed by atoms with Crippen LogP contribution < -0.4 is 5.32 Å². The average Bonchev–Trinajstić information content (AvgIpc) is 3.24. The van der Waals surface area contributed by atoms with Gasteiger partial charge in [0.2, 0.25) is 0 Å². The summed E-state index contributed by atoms with van der Waals surface area (Å²) in [5.74, 6) is -0.0651. The Kier molecular flexibility index (Phi) is 5.96. The maximum absolute atomic E-state index is 13.7. The predicted octanol–water partition coefficient (Wildman–Crippen LogP) is 4.58. The molecule has 2 N–H and O–H groups in total. The van der Waals surface area contributed by atoms with Gasteiger partial charge in [-0.1, -0.05) is 60.7 Å². The van der Waals surface area contributed by atoms with Crippen LogP contribution in [0.25, 0.3) is 10.9 Å². The van der Waals surface area contributed by atoms with Gasteiger partial charge in [0.1, 0.15) is 0 Å². The lowest BCUT2D eigenvalue weighted by molar-refractivity contribution is 0.0844. The number of aromatic amines is 1. The molecule has 3 aromatic carbocycles. The summed E-state index contributed by atoms with van der Waals surface area (Å²) in [6, 6.07) is 24.7. The van der Waals surface area contributed by atoms with Crippen LogP contribution in [0.4, 0.5) is 0 Å². The summed E-state index contributed by atoms with van der Waals surface area (Å²) in [4.78, 5) is 30.8. The first kappa shape index (κ1) is 20.6. The predicted molar refractivity (Wildman–Crippen MR) is 123 cm³/mol. The molecule has 1 heterocycles. The fraction of sp³-hybridized carbons (Fsp3) is 0.154. The molecule has 0 aliphatic rings. The molecular formula is C26H25N3O2. The molecular weight excluding hydrogens is 386 g/mol. The highest BCUT2D eigenvalue weighted by Gasteiger charge is 2.28. The number of hydrogen-bond donors (Lipinski definition) is 2. The first-order chi connectivity index (χ1) is 15.1. The lowest BCUT2D eigenvalue weighted by atomic mass is 9.95. The molecule has 0 spiro atoms. The van der Waals surface area contributed by atoms with Crippen LogP contribution in [0.5, 0.6) is 0 Å². The van der Waals surface area contributed by atoms with Crippen molar-refractivity contribution in [2.45, 2.75) is 12.6 Å². The van der Waals surface area contributed by atoms with Crippen LogP contribution in [0.15, 0.2) is 85.1 Å². The number of hydrogen-bond acceptors (Lipinski definition) is 3. The van der Waals surface area contributed by atoms with Crippen molar-refractivity contribution in [3.63, 3.8) is 0 Å². The summed E-state index contributed by atoms with van der Waals surface area (Å²) in [7, 11) is 3.57. The van der Waals surface area contributed by atoms with Crippen LogP contribution in [0.3, 0.4) is 0 Å². The van der Waals surface area contributed by atoms with Gasteiger partial charge in [-0.05, 0) is 36.4 Å². The van der Waals surface area contributed by atoms with Crippen molar-refractivity contribution in [3.8, 4) is 0 Å². The summed E-state index contributed by atoms with van der Waals surface area (Å²) < 4.78 is 0. The van der Waals surface area contributed by atoms with Gasteiger partial charge in [-0.15, -0.1) is 0 Å². The topological polar surface area (TPSA) is 65.2 Å². The van der Waals surface area contributed by atoms with Crippen molar-refractivity contribution < 1.29 is 9.59 Å². The van der Waals surface area contributed by atoms with Crippen molar-refractivity contribution in [1.29, 1.82) is 0 Å².